The van der Waals surface area contributed by atoms with Gasteiger partial charge in [-0.25, -0.2) is 0 Å². The summed E-state index contributed by atoms with van der Waals surface area (Å²) in [6, 6.07) is 0. The molecule has 5 heteroatoms. The Labute approximate surface area is 122 Å². The predicted octanol–water partition coefficient (Wildman–Crippen LogP) is 2.35. The molecule has 0 spiro atoms. The molecule has 114 valence electrons. The van der Waals surface area contributed by atoms with E-state index in [9.17, 15) is 0 Å². The van der Waals surface area contributed by atoms with E-state index in [1.165, 1.54) is 0 Å². The lowest BCUT2D eigenvalue weighted by atomic mass is 9.74. The molecule has 0 unspecified atom stereocenters. The largest absolute Gasteiger partial charge is 0.489 e. The molecule has 0 aromatic rings. The van der Waals surface area contributed by atoms with Gasteiger partial charge in [0, 0.05) is 0 Å². The first-order valence-electron chi connectivity index (χ1n) is 7.46. The van der Waals surface area contributed by atoms with Crippen LogP contribution in [0.4, 0.5) is 0 Å². The van der Waals surface area contributed by atoms with Gasteiger partial charge in [-0.1, -0.05) is 6.92 Å². The van der Waals surface area contributed by atoms with Crippen LogP contribution in [0.15, 0.2) is 12.1 Å². The van der Waals surface area contributed by atoms with Gasteiger partial charge in [0.05, 0.1) is 23.9 Å². The van der Waals surface area contributed by atoms with Crippen LogP contribution in [0.1, 0.15) is 47.5 Å². The summed E-state index contributed by atoms with van der Waals surface area (Å²) in [7, 11) is -0.323. The lowest BCUT2D eigenvalue weighted by Gasteiger charge is -2.32. The van der Waals surface area contributed by atoms with Crippen molar-refractivity contribution in [2.45, 2.75) is 70.9 Å². The topological polar surface area (TPSA) is 51.2 Å². The van der Waals surface area contributed by atoms with Gasteiger partial charge in [-0.05, 0) is 51.9 Å². The number of aliphatic hydroxyl groups is 1. The molecule has 1 N–H and O–H groups in total. The fourth-order valence-corrected chi connectivity index (χ4v) is 2.58. The number of hydrogen-bond acceptors (Lipinski definition) is 4. The average Bonchev–Trinajstić information content (AvgIpc) is 3.00. The minimum Gasteiger partial charge on any atom is -0.400 e. The third-order valence-corrected chi connectivity index (χ3v) is 4.70. The molecule has 2 rings (SSSR count). The van der Waals surface area contributed by atoms with E-state index in [4.69, 9.17) is 19.2 Å². The van der Waals surface area contributed by atoms with Crippen LogP contribution in [0, 0.1) is 5.92 Å². The van der Waals surface area contributed by atoms with E-state index in [0.717, 1.165) is 18.3 Å². The number of aliphatic hydroxyl groups excluding tert-OH is 1. The van der Waals surface area contributed by atoms with Gasteiger partial charge in [-0.3, -0.25) is 0 Å². The molecule has 20 heavy (non-hydrogen) atoms. The van der Waals surface area contributed by atoms with E-state index in [0.29, 0.717) is 5.92 Å². The molecular weight excluding hydrogens is 255 g/mol. The summed E-state index contributed by atoms with van der Waals surface area (Å²) < 4.78 is 17.4. The van der Waals surface area contributed by atoms with Crippen LogP contribution in [-0.4, -0.2) is 42.2 Å². The molecule has 0 saturated carbocycles. The average molecular weight is 282 g/mol. The molecule has 0 aromatic heterocycles. The molecule has 0 bridgehead atoms. The van der Waals surface area contributed by atoms with Crippen LogP contribution in [-0.2, 0) is 14.0 Å². The number of allylic oxidation sites excluding steroid dienone is 1. The third kappa shape index (κ3) is 3.27. The zero-order valence-electron chi connectivity index (χ0n) is 13.3. The van der Waals surface area contributed by atoms with Gasteiger partial charge in [-0.2, -0.15) is 0 Å². The van der Waals surface area contributed by atoms with Crippen molar-refractivity contribution in [3.8, 4) is 0 Å². The van der Waals surface area contributed by atoms with Gasteiger partial charge in [-0.15, -0.1) is 6.58 Å². The van der Waals surface area contributed by atoms with Crippen LogP contribution in [0.2, 0.25) is 0 Å². The van der Waals surface area contributed by atoms with Crippen LogP contribution >= 0.6 is 0 Å². The fraction of sp³-hybridized carbons (Fsp3) is 0.867. The second-order valence-corrected chi connectivity index (χ2v) is 7.19. The number of rotatable bonds is 6. The Hall–Kier alpha value is -0.355. The SMILES string of the molecule is C=C(C[C@@H](C)C[C@H]1O[C@@H]1CO)B1OC(C)(C)C(C)(C)O1. The standard InChI is InChI=1S/C15H27BO4/c1-10(8-12-13(9-17)18-12)7-11(2)16-19-14(3,4)15(5,6)20-16/h10,12-13,17H,2,7-9H2,1,3-6H3/t10-,12-,13-/m1/s1. The smallest absolute Gasteiger partial charge is 0.400 e. The maximum atomic E-state index is 8.98. The van der Waals surface area contributed by atoms with Gasteiger partial charge in [0.25, 0.3) is 0 Å². The van der Waals surface area contributed by atoms with E-state index in [1.54, 1.807) is 0 Å². The summed E-state index contributed by atoms with van der Waals surface area (Å²) in [6.45, 7) is 14.6. The van der Waals surface area contributed by atoms with E-state index < -0.39 is 0 Å². The molecular formula is C15H27BO4. The summed E-state index contributed by atoms with van der Waals surface area (Å²) in [5.74, 6) is 0.447. The summed E-state index contributed by atoms with van der Waals surface area (Å²) >= 11 is 0. The van der Waals surface area contributed by atoms with Gasteiger partial charge in [0.15, 0.2) is 0 Å². The Balaban J connectivity index is 1.81. The van der Waals surface area contributed by atoms with Crippen molar-refractivity contribution in [3.05, 3.63) is 12.1 Å². The maximum absolute atomic E-state index is 8.98. The normalized spacial score (nSPS) is 32.2. The number of ether oxygens (including phenoxy) is 1. The zero-order valence-corrected chi connectivity index (χ0v) is 13.3. The number of epoxide rings is 1. The molecule has 2 fully saturated rings. The van der Waals surface area contributed by atoms with Crippen molar-refractivity contribution in [1.29, 1.82) is 0 Å². The Kier molecular flexibility index (Phi) is 4.36. The number of hydrogen-bond donors (Lipinski definition) is 1. The predicted molar refractivity (Wildman–Crippen MR) is 79.4 cm³/mol. The van der Waals surface area contributed by atoms with Gasteiger partial charge in [0.2, 0.25) is 0 Å². The van der Waals surface area contributed by atoms with Crippen molar-refractivity contribution >= 4 is 7.12 Å². The molecule has 4 nitrogen and oxygen atoms in total. The first kappa shape index (κ1) is 16.0. The van der Waals surface area contributed by atoms with Crippen LogP contribution in [0.25, 0.3) is 0 Å². The maximum Gasteiger partial charge on any atom is 0.489 e. The molecule has 0 radical (unpaired) electrons. The lowest BCUT2D eigenvalue weighted by molar-refractivity contribution is 0.00578. The van der Waals surface area contributed by atoms with E-state index in [2.05, 4.69) is 13.5 Å². The van der Waals surface area contributed by atoms with E-state index in [-0.39, 0.29) is 37.1 Å². The summed E-state index contributed by atoms with van der Waals surface area (Å²) in [5.41, 5.74) is 0.356. The van der Waals surface area contributed by atoms with Gasteiger partial charge in [0.1, 0.15) is 6.10 Å². The Morgan fingerprint density at radius 3 is 2.20 bits per heavy atom. The molecule has 2 aliphatic heterocycles. The highest BCUT2D eigenvalue weighted by atomic mass is 16.7. The first-order valence-corrected chi connectivity index (χ1v) is 7.46. The highest BCUT2D eigenvalue weighted by Crippen LogP contribution is 2.39. The van der Waals surface area contributed by atoms with Crippen LogP contribution in [0.3, 0.4) is 0 Å². The second-order valence-electron chi connectivity index (χ2n) is 7.19. The molecule has 2 heterocycles. The Morgan fingerprint density at radius 1 is 1.20 bits per heavy atom. The van der Waals surface area contributed by atoms with Crippen LogP contribution < -0.4 is 0 Å². The molecule has 2 saturated heterocycles. The van der Waals surface area contributed by atoms with Crippen molar-refractivity contribution in [2.24, 2.45) is 5.92 Å². The van der Waals surface area contributed by atoms with Crippen molar-refractivity contribution in [2.75, 3.05) is 6.61 Å². The fourth-order valence-electron chi connectivity index (χ4n) is 2.58. The molecule has 3 atom stereocenters. The zero-order chi connectivity index (χ0) is 15.1. The second kappa shape index (κ2) is 5.45. The minimum atomic E-state index is -0.323. The quantitative estimate of drug-likeness (QED) is 0.600. The highest BCUT2D eigenvalue weighted by molar-refractivity contribution is 6.54. The minimum absolute atomic E-state index is 0.0440. The van der Waals surface area contributed by atoms with Crippen molar-refractivity contribution in [1.82, 2.24) is 0 Å². The highest BCUT2D eigenvalue weighted by Gasteiger charge is 2.52. The summed E-state index contributed by atoms with van der Waals surface area (Å²) in [6.07, 6.45) is 2.06. The van der Waals surface area contributed by atoms with Gasteiger partial charge >= 0.3 is 7.12 Å². The summed E-state index contributed by atoms with van der Waals surface area (Å²) in [5, 5.41) is 8.98. The first-order chi connectivity index (χ1) is 9.16. The van der Waals surface area contributed by atoms with Gasteiger partial charge < -0.3 is 19.2 Å². The molecule has 0 aliphatic carbocycles. The monoisotopic (exact) mass is 282 g/mol. The third-order valence-electron chi connectivity index (χ3n) is 4.70. The molecule has 0 amide bonds. The van der Waals surface area contributed by atoms with E-state index in [1.807, 2.05) is 27.7 Å². The lowest BCUT2D eigenvalue weighted by Crippen LogP contribution is -2.41. The van der Waals surface area contributed by atoms with E-state index >= 15 is 0 Å². The summed E-state index contributed by atoms with van der Waals surface area (Å²) in [4.78, 5) is 0. The van der Waals surface area contributed by atoms with Crippen molar-refractivity contribution in [3.63, 3.8) is 0 Å². The van der Waals surface area contributed by atoms with Crippen LogP contribution in [0.5, 0.6) is 0 Å². The molecule has 2 aliphatic rings. The molecule has 0 aromatic carbocycles. The van der Waals surface area contributed by atoms with Crippen molar-refractivity contribution < 1.29 is 19.2 Å². The Morgan fingerprint density at radius 2 is 1.75 bits per heavy atom. The Bertz CT molecular complexity index is 364.